The van der Waals surface area contributed by atoms with E-state index in [0.717, 1.165) is 24.7 Å². The van der Waals surface area contributed by atoms with Gasteiger partial charge in [-0.05, 0) is 37.8 Å². The van der Waals surface area contributed by atoms with Gasteiger partial charge in [0.1, 0.15) is 5.69 Å². The Hall–Kier alpha value is -1.78. The summed E-state index contributed by atoms with van der Waals surface area (Å²) in [5.74, 6) is 0.836. The molecule has 1 aromatic rings. The van der Waals surface area contributed by atoms with Crippen LogP contribution in [-0.4, -0.2) is 29.1 Å². The molecule has 1 heterocycles. The van der Waals surface area contributed by atoms with Gasteiger partial charge in [0.05, 0.1) is 5.69 Å². The minimum atomic E-state index is 0.0673. The summed E-state index contributed by atoms with van der Waals surface area (Å²) in [6.45, 7) is 4.03. The van der Waals surface area contributed by atoms with Crippen molar-refractivity contribution in [1.82, 2.24) is 4.98 Å². The monoisotopic (exact) mass is 248 g/mol. The second-order valence-electron chi connectivity index (χ2n) is 4.69. The van der Waals surface area contributed by atoms with E-state index in [0.29, 0.717) is 5.69 Å². The van der Waals surface area contributed by atoms with Crippen molar-refractivity contribution in [2.75, 3.05) is 18.0 Å². The largest absolute Gasteiger partial charge is 0.409 e. The fourth-order valence-electron chi connectivity index (χ4n) is 2.28. The number of rotatable bonds is 5. The van der Waals surface area contributed by atoms with Crippen LogP contribution in [0.5, 0.6) is 0 Å². The molecule has 0 saturated heterocycles. The topological polar surface area (TPSA) is 74.7 Å². The molecular formula is C13H20N4O. The lowest BCUT2D eigenvalue weighted by Gasteiger charge is -2.33. The molecule has 5 nitrogen and oxygen atoms in total. The van der Waals surface area contributed by atoms with Crippen LogP contribution in [0.1, 0.15) is 31.9 Å². The molecule has 5 heteroatoms. The lowest BCUT2D eigenvalue weighted by Crippen LogP contribution is -2.34. The Morgan fingerprint density at radius 1 is 1.61 bits per heavy atom. The van der Waals surface area contributed by atoms with E-state index in [4.69, 9.17) is 10.9 Å². The molecule has 0 unspecified atom stereocenters. The maximum atomic E-state index is 8.81. The van der Waals surface area contributed by atoms with Crippen molar-refractivity contribution in [2.24, 2.45) is 16.8 Å². The first-order chi connectivity index (χ1) is 8.76. The maximum absolute atomic E-state index is 8.81. The fourth-order valence-corrected chi connectivity index (χ4v) is 2.28. The maximum Gasteiger partial charge on any atom is 0.190 e. The Morgan fingerprint density at radius 2 is 2.39 bits per heavy atom. The molecule has 1 aliphatic rings. The van der Waals surface area contributed by atoms with Crippen LogP contribution in [-0.2, 0) is 0 Å². The molecule has 0 bridgehead atoms. The van der Waals surface area contributed by atoms with E-state index >= 15 is 0 Å². The summed E-state index contributed by atoms with van der Waals surface area (Å²) in [5, 5.41) is 11.9. The summed E-state index contributed by atoms with van der Waals surface area (Å²) in [7, 11) is 0. The highest BCUT2D eigenvalue weighted by Crippen LogP contribution is 2.29. The molecule has 98 valence electrons. The van der Waals surface area contributed by atoms with Gasteiger partial charge in [-0.2, -0.15) is 0 Å². The molecule has 0 atom stereocenters. The summed E-state index contributed by atoms with van der Waals surface area (Å²) >= 11 is 0. The van der Waals surface area contributed by atoms with Crippen molar-refractivity contribution in [3.63, 3.8) is 0 Å². The Labute approximate surface area is 107 Å². The summed E-state index contributed by atoms with van der Waals surface area (Å²) in [4.78, 5) is 6.47. The van der Waals surface area contributed by atoms with E-state index in [1.54, 1.807) is 6.20 Å². The van der Waals surface area contributed by atoms with Gasteiger partial charge >= 0.3 is 0 Å². The normalized spacial score (nSPS) is 16.4. The number of hydrogen-bond acceptors (Lipinski definition) is 4. The van der Waals surface area contributed by atoms with Gasteiger partial charge in [0.2, 0.25) is 0 Å². The van der Waals surface area contributed by atoms with Crippen molar-refractivity contribution < 1.29 is 5.21 Å². The van der Waals surface area contributed by atoms with E-state index in [9.17, 15) is 0 Å². The lowest BCUT2D eigenvalue weighted by molar-refractivity contribution is 0.317. The summed E-state index contributed by atoms with van der Waals surface area (Å²) in [6.07, 6.45) is 5.60. The predicted octanol–water partition coefficient (Wildman–Crippen LogP) is 1.80. The standard InChI is InChI=1S/C13H20N4O/c1-2-17(9-10-5-3-6-10)11-7-4-8-15-12(11)13(14)16-18/h4,7-8,10,18H,2-3,5-6,9H2,1H3,(H2,14,16). The van der Waals surface area contributed by atoms with Crippen LogP contribution in [0.25, 0.3) is 0 Å². The van der Waals surface area contributed by atoms with Crippen LogP contribution >= 0.6 is 0 Å². The zero-order valence-electron chi connectivity index (χ0n) is 10.7. The molecule has 0 aliphatic heterocycles. The minimum Gasteiger partial charge on any atom is -0.409 e. The van der Waals surface area contributed by atoms with Crippen molar-refractivity contribution in [3.8, 4) is 0 Å². The first-order valence-electron chi connectivity index (χ1n) is 6.44. The molecule has 0 aromatic carbocycles. The molecule has 2 rings (SSSR count). The number of pyridine rings is 1. The van der Waals surface area contributed by atoms with Crippen LogP contribution in [0, 0.1) is 5.92 Å². The van der Waals surface area contributed by atoms with Gasteiger partial charge in [-0.25, -0.2) is 0 Å². The first kappa shape index (κ1) is 12.7. The minimum absolute atomic E-state index is 0.0673. The SMILES string of the molecule is CCN(CC1CCC1)c1cccnc1/C(N)=N/O. The van der Waals surface area contributed by atoms with Crippen molar-refractivity contribution in [2.45, 2.75) is 26.2 Å². The molecular weight excluding hydrogens is 228 g/mol. The number of amidine groups is 1. The third-order valence-electron chi connectivity index (χ3n) is 3.56. The molecule has 3 N–H and O–H groups in total. The highest BCUT2D eigenvalue weighted by atomic mass is 16.4. The fraction of sp³-hybridized carbons (Fsp3) is 0.538. The van der Waals surface area contributed by atoms with Crippen molar-refractivity contribution >= 4 is 11.5 Å². The van der Waals surface area contributed by atoms with Gasteiger partial charge in [0, 0.05) is 19.3 Å². The average molecular weight is 248 g/mol. The molecule has 1 saturated carbocycles. The van der Waals surface area contributed by atoms with Crippen LogP contribution in [0.4, 0.5) is 5.69 Å². The third kappa shape index (κ3) is 2.55. The summed E-state index contributed by atoms with van der Waals surface area (Å²) in [5.41, 5.74) is 7.18. The van der Waals surface area contributed by atoms with Crippen molar-refractivity contribution in [1.29, 1.82) is 0 Å². The number of aromatic nitrogens is 1. The van der Waals surface area contributed by atoms with Gasteiger partial charge in [0.25, 0.3) is 0 Å². The zero-order chi connectivity index (χ0) is 13.0. The van der Waals surface area contributed by atoms with Crippen LogP contribution in [0.15, 0.2) is 23.5 Å². The van der Waals surface area contributed by atoms with Crippen molar-refractivity contribution in [3.05, 3.63) is 24.0 Å². The Balaban J connectivity index is 2.23. The van der Waals surface area contributed by atoms with E-state index in [1.165, 1.54) is 19.3 Å². The quantitative estimate of drug-likeness (QED) is 0.360. The third-order valence-corrected chi connectivity index (χ3v) is 3.56. The van der Waals surface area contributed by atoms with E-state index in [2.05, 4.69) is 22.0 Å². The Bertz CT molecular complexity index is 429. The van der Waals surface area contributed by atoms with Crippen LogP contribution < -0.4 is 10.6 Å². The molecule has 1 aliphatic carbocycles. The molecule has 0 amide bonds. The average Bonchev–Trinajstić information content (AvgIpc) is 2.37. The molecule has 0 spiro atoms. The predicted molar refractivity (Wildman–Crippen MR) is 72.0 cm³/mol. The second-order valence-corrected chi connectivity index (χ2v) is 4.69. The second kappa shape index (κ2) is 5.71. The number of hydrogen-bond donors (Lipinski definition) is 2. The summed E-state index contributed by atoms with van der Waals surface area (Å²) in [6, 6.07) is 3.86. The number of nitrogens with zero attached hydrogens (tertiary/aromatic N) is 3. The van der Waals surface area contributed by atoms with Gasteiger partial charge in [-0.15, -0.1) is 0 Å². The first-order valence-corrected chi connectivity index (χ1v) is 6.44. The Kier molecular flexibility index (Phi) is 4.02. The molecule has 18 heavy (non-hydrogen) atoms. The highest BCUT2D eigenvalue weighted by molar-refractivity contribution is 6.00. The van der Waals surface area contributed by atoms with Gasteiger partial charge in [-0.3, -0.25) is 4.98 Å². The smallest absolute Gasteiger partial charge is 0.190 e. The Morgan fingerprint density at radius 3 is 2.94 bits per heavy atom. The lowest BCUT2D eigenvalue weighted by atomic mass is 9.85. The number of anilines is 1. The van der Waals surface area contributed by atoms with Gasteiger partial charge in [-0.1, -0.05) is 11.6 Å². The molecule has 0 radical (unpaired) electrons. The van der Waals surface area contributed by atoms with Crippen LogP contribution in [0.2, 0.25) is 0 Å². The van der Waals surface area contributed by atoms with E-state index in [1.807, 2.05) is 12.1 Å². The highest BCUT2D eigenvalue weighted by Gasteiger charge is 2.22. The number of nitrogens with two attached hydrogens (primary N) is 1. The molecule has 1 fully saturated rings. The van der Waals surface area contributed by atoms with Gasteiger partial charge in [0.15, 0.2) is 5.84 Å². The van der Waals surface area contributed by atoms with Gasteiger partial charge < -0.3 is 15.8 Å². The number of oxime groups is 1. The van der Waals surface area contributed by atoms with E-state index < -0.39 is 0 Å². The van der Waals surface area contributed by atoms with Crippen LogP contribution in [0.3, 0.4) is 0 Å². The molecule has 1 aromatic heterocycles. The zero-order valence-corrected chi connectivity index (χ0v) is 10.7. The summed E-state index contributed by atoms with van der Waals surface area (Å²) < 4.78 is 0. The van der Waals surface area contributed by atoms with E-state index in [-0.39, 0.29) is 5.84 Å².